The summed E-state index contributed by atoms with van der Waals surface area (Å²) in [6.07, 6.45) is 4.15. The van der Waals surface area contributed by atoms with Gasteiger partial charge in [0, 0.05) is 0 Å². The lowest BCUT2D eigenvalue weighted by molar-refractivity contribution is -0.151. The van der Waals surface area contributed by atoms with Crippen molar-refractivity contribution in [3.8, 4) is 0 Å². The van der Waals surface area contributed by atoms with Crippen LogP contribution in [0.2, 0.25) is 0 Å². The third-order valence-corrected chi connectivity index (χ3v) is 4.98. The van der Waals surface area contributed by atoms with Crippen LogP contribution in [0.3, 0.4) is 0 Å². The first-order chi connectivity index (χ1) is 8.55. The molecule has 18 heavy (non-hydrogen) atoms. The van der Waals surface area contributed by atoms with Gasteiger partial charge in [-0.25, -0.2) is 4.98 Å². The van der Waals surface area contributed by atoms with Crippen LogP contribution in [0, 0.1) is 5.92 Å². The maximum atomic E-state index is 11.6. The Balaban J connectivity index is 1.99. The molecule has 1 aromatic rings. The molecule has 1 aliphatic carbocycles. The van der Waals surface area contributed by atoms with Crippen LogP contribution in [0.4, 0.5) is 0 Å². The molecule has 0 unspecified atom stereocenters. The van der Waals surface area contributed by atoms with Crippen molar-refractivity contribution in [3.05, 3.63) is 15.0 Å². The lowest BCUT2D eigenvalue weighted by Crippen LogP contribution is -2.34. The van der Waals surface area contributed by atoms with Gasteiger partial charge in [0.1, 0.15) is 10.6 Å². The molecule has 0 spiro atoms. The minimum Gasteiger partial charge on any atom is -0.466 e. The van der Waals surface area contributed by atoms with E-state index < -0.39 is 5.60 Å². The number of aliphatic hydroxyl groups is 1. The van der Waals surface area contributed by atoms with E-state index in [1.165, 1.54) is 11.3 Å². The number of aromatic nitrogens is 1. The van der Waals surface area contributed by atoms with Crippen LogP contribution in [0.5, 0.6) is 0 Å². The second kappa shape index (κ2) is 5.67. The highest BCUT2D eigenvalue weighted by Gasteiger charge is 2.39. The Morgan fingerprint density at radius 3 is 2.83 bits per heavy atom. The van der Waals surface area contributed by atoms with E-state index in [9.17, 15) is 9.90 Å². The number of thiazole rings is 1. The second-order valence-corrected chi connectivity index (χ2v) is 6.94. The maximum absolute atomic E-state index is 11.6. The van der Waals surface area contributed by atoms with Gasteiger partial charge in [-0.2, -0.15) is 0 Å². The molecule has 0 amide bonds. The first-order valence-electron chi connectivity index (χ1n) is 6.06. The fourth-order valence-corrected chi connectivity index (χ4v) is 3.63. The highest BCUT2D eigenvalue weighted by Crippen LogP contribution is 2.41. The van der Waals surface area contributed by atoms with Gasteiger partial charge in [-0.1, -0.05) is 0 Å². The van der Waals surface area contributed by atoms with Gasteiger partial charge >= 0.3 is 5.97 Å². The van der Waals surface area contributed by atoms with Gasteiger partial charge in [-0.3, -0.25) is 4.79 Å². The zero-order chi connectivity index (χ0) is 13.2. The van der Waals surface area contributed by atoms with E-state index in [0.29, 0.717) is 32.3 Å². The van der Waals surface area contributed by atoms with E-state index in [-0.39, 0.29) is 11.9 Å². The molecule has 0 atom stereocenters. The third kappa shape index (κ3) is 2.92. The summed E-state index contributed by atoms with van der Waals surface area (Å²) in [7, 11) is 0. The van der Waals surface area contributed by atoms with E-state index in [4.69, 9.17) is 4.74 Å². The first-order valence-corrected chi connectivity index (χ1v) is 7.67. The summed E-state index contributed by atoms with van der Waals surface area (Å²) in [6, 6.07) is 0. The summed E-state index contributed by atoms with van der Waals surface area (Å²) in [4.78, 5) is 15.8. The number of rotatable bonds is 3. The Morgan fingerprint density at radius 2 is 2.33 bits per heavy atom. The molecule has 100 valence electrons. The monoisotopic (exact) mass is 333 g/mol. The second-order valence-electron chi connectivity index (χ2n) is 4.53. The van der Waals surface area contributed by atoms with Crippen molar-refractivity contribution in [2.75, 3.05) is 6.61 Å². The van der Waals surface area contributed by atoms with E-state index in [1.807, 2.05) is 6.92 Å². The van der Waals surface area contributed by atoms with Crippen molar-refractivity contribution in [1.29, 1.82) is 0 Å². The van der Waals surface area contributed by atoms with E-state index >= 15 is 0 Å². The van der Waals surface area contributed by atoms with Crippen molar-refractivity contribution in [1.82, 2.24) is 4.98 Å². The maximum Gasteiger partial charge on any atom is 0.308 e. The van der Waals surface area contributed by atoms with Crippen molar-refractivity contribution in [2.24, 2.45) is 5.92 Å². The van der Waals surface area contributed by atoms with Crippen LogP contribution >= 0.6 is 27.3 Å². The number of halogens is 1. The summed E-state index contributed by atoms with van der Waals surface area (Å²) < 4.78 is 5.93. The smallest absolute Gasteiger partial charge is 0.308 e. The topological polar surface area (TPSA) is 59.4 Å². The first kappa shape index (κ1) is 14.0. The molecule has 0 aromatic carbocycles. The van der Waals surface area contributed by atoms with Gasteiger partial charge < -0.3 is 9.84 Å². The minimum atomic E-state index is -0.875. The van der Waals surface area contributed by atoms with Crippen LogP contribution in [-0.2, 0) is 15.1 Å². The summed E-state index contributed by atoms with van der Waals surface area (Å²) in [6.45, 7) is 2.23. The lowest BCUT2D eigenvalue weighted by atomic mass is 9.79. The number of nitrogens with zero attached hydrogens (tertiary/aromatic N) is 1. The van der Waals surface area contributed by atoms with Crippen molar-refractivity contribution >= 4 is 33.2 Å². The average Bonchev–Trinajstić information content (AvgIpc) is 2.78. The number of carbonyl (C=O) groups is 1. The molecule has 1 fully saturated rings. The molecule has 1 aliphatic rings. The SMILES string of the molecule is CCOC(=O)[C@H]1CC[C@](O)(c2ncc(Br)s2)CC1. The minimum absolute atomic E-state index is 0.0753. The normalized spacial score (nSPS) is 28.1. The summed E-state index contributed by atoms with van der Waals surface area (Å²) >= 11 is 4.80. The molecule has 0 bridgehead atoms. The van der Waals surface area contributed by atoms with Crippen LogP contribution in [0.25, 0.3) is 0 Å². The molecule has 1 heterocycles. The van der Waals surface area contributed by atoms with Gasteiger partial charge in [-0.05, 0) is 48.5 Å². The van der Waals surface area contributed by atoms with Crippen LogP contribution in [-0.4, -0.2) is 22.7 Å². The number of ether oxygens (including phenoxy) is 1. The Bertz CT molecular complexity index is 427. The van der Waals surface area contributed by atoms with Crippen molar-refractivity contribution < 1.29 is 14.6 Å². The van der Waals surface area contributed by atoms with Gasteiger partial charge in [0.2, 0.25) is 0 Å². The van der Waals surface area contributed by atoms with Gasteiger partial charge in [0.15, 0.2) is 0 Å². The lowest BCUT2D eigenvalue weighted by Gasteiger charge is -2.33. The molecule has 0 aliphatic heterocycles. The van der Waals surface area contributed by atoms with E-state index in [0.717, 1.165) is 8.79 Å². The fraction of sp³-hybridized carbons (Fsp3) is 0.667. The molecule has 0 radical (unpaired) electrons. The van der Waals surface area contributed by atoms with E-state index in [2.05, 4.69) is 20.9 Å². The standard InChI is InChI=1S/C12H16BrNO3S/c1-2-17-10(15)8-3-5-12(16,6-4-8)11-14-7-9(13)18-11/h7-8,16H,2-6H2,1H3/t8-,12+. The number of hydrogen-bond acceptors (Lipinski definition) is 5. The van der Waals surface area contributed by atoms with Gasteiger partial charge in [-0.15, -0.1) is 11.3 Å². The number of esters is 1. The van der Waals surface area contributed by atoms with Gasteiger partial charge in [0.25, 0.3) is 0 Å². The van der Waals surface area contributed by atoms with Crippen molar-refractivity contribution in [3.63, 3.8) is 0 Å². The molecule has 1 aromatic heterocycles. The van der Waals surface area contributed by atoms with Crippen molar-refractivity contribution in [2.45, 2.75) is 38.2 Å². The highest BCUT2D eigenvalue weighted by atomic mass is 79.9. The molecule has 6 heteroatoms. The number of hydrogen-bond donors (Lipinski definition) is 1. The summed E-state index contributed by atoms with van der Waals surface area (Å²) in [5.74, 6) is -0.214. The summed E-state index contributed by atoms with van der Waals surface area (Å²) in [5, 5.41) is 11.3. The highest BCUT2D eigenvalue weighted by molar-refractivity contribution is 9.11. The Kier molecular flexibility index (Phi) is 4.40. The predicted octanol–water partition coefficient (Wildman–Crippen LogP) is 2.85. The molecule has 4 nitrogen and oxygen atoms in total. The molecule has 0 saturated heterocycles. The third-order valence-electron chi connectivity index (χ3n) is 3.31. The molecule has 1 saturated carbocycles. The number of carbonyl (C=O) groups excluding carboxylic acids is 1. The zero-order valence-electron chi connectivity index (χ0n) is 10.2. The largest absolute Gasteiger partial charge is 0.466 e. The van der Waals surface area contributed by atoms with Crippen LogP contribution < -0.4 is 0 Å². The van der Waals surface area contributed by atoms with Crippen LogP contribution in [0.1, 0.15) is 37.6 Å². The Labute approximate surface area is 119 Å². The summed E-state index contributed by atoms with van der Waals surface area (Å²) in [5.41, 5.74) is -0.875. The average molecular weight is 334 g/mol. The Hall–Kier alpha value is -0.460. The predicted molar refractivity (Wildman–Crippen MR) is 72.3 cm³/mol. The van der Waals surface area contributed by atoms with E-state index in [1.54, 1.807) is 6.20 Å². The van der Waals surface area contributed by atoms with Crippen LogP contribution in [0.15, 0.2) is 9.98 Å². The quantitative estimate of drug-likeness (QED) is 0.864. The molecular weight excluding hydrogens is 318 g/mol. The molecular formula is C12H16BrNO3S. The van der Waals surface area contributed by atoms with Gasteiger partial charge in [0.05, 0.1) is 22.5 Å². The Morgan fingerprint density at radius 1 is 1.67 bits per heavy atom. The zero-order valence-corrected chi connectivity index (χ0v) is 12.6. The molecule has 2 rings (SSSR count). The molecule has 1 N–H and O–H groups in total. The fourth-order valence-electron chi connectivity index (χ4n) is 2.27.